The molecule has 98 valence electrons. The van der Waals surface area contributed by atoms with Crippen LogP contribution in [0, 0.1) is 0 Å². The minimum absolute atomic E-state index is 0.282. The maximum Gasteiger partial charge on any atom is 0.332 e. The van der Waals surface area contributed by atoms with Crippen LogP contribution in [0.3, 0.4) is 0 Å². The van der Waals surface area contributed by atoms with Crippen LogP contribution in [0.5, 0.6) is 0 Å². The monoisotopic (exact) mass is 266 g/mol. The topological polar surface area (TPSA) is 0 Å². The minimum Gasteiger partial charge on any atom is -0.203 e. The number of benzene rings is 2. The van der Waals surface area contributed by atoms with Gasteiger partial charge in [0.2, 0.25) is 0 Å². The number of rotatable bonds is 2. The Morgan fingerprint density at radius 3 is 2.32 bits per heavy atom. The predicted molar refractivity (Wildman–Crippen MR) is 64.6 cm³/mol. The van der Waals surface area contributed by atoms with Gasteiger partial charge in [0, 0.05) is 5.56 Å². The number of hydrogen-bond acceptors (Lipinski definition) is 0. The van der Waals surface area contributed by atoms with Gasteiger partial charge in [-0.25, -0.2) is 8.78 Å². The van der Waals surface area contributed by atoms with Gasteiger partial charge in [-0.3, -0.25) is 0 Å². The fraction of sp³-hybridized carbons (Fsp3) is 0.200. The third kappa shape index (κ3) is 1.74. The Balaban J connectivity index is 2.19. The smallest absolute Gasteiger partial charge is 0.203 e. The van der Waals surface area contributed by atoms with Crippen LogP contribution in [0.4, 0.5) is 17.6 Å². The van der Waals surface area contributed by atoms with Crippen LogP contribution < -0.4 is 0 Å². The third-order valence-corrected chi connectivity index (χ3v) is 3.48. The molecule has 0 atom stereocenters. The average Bonchev–Trinajstić information content (AvgIpc) is 2.76. The lowest BCUT2D eigenvalue weighted by Gasteiger charge is -2.18. The highest BCUT2D eigenvalue weighted by atomic mass is 19.3. The van der Waals surface area contributed by atoms with Gasteiger partial charge in [-0.05, 0) is 28.7 Å². The summed E-state index contributed by atoms with van der Waals surface area (Å²) in [6.45, 7) is 0. The van der Waals surface area contributed by atoms with Crippen LogP contribution in [0.25, 0.3) is 11.1 Å². The molecule has 0 amide bonds. The van der Waals surface area contributed by atoms with E-state index in [9.17, 15) is 17.6 Å². The molecule has 19 heavy (non-hydrogen) atoms. The predicted octanol–water partition coefficient (Wildman–Crippen LogP) is 4.61. The van der Waals surface area contributed by atoms with Gasteiger partial charge in [0.05, 0.1) is 0 Å². The summed E-state index contributed by atoms with van der Waals surface area (Å²) in [4.78, 5) is 0. The normalized spacial score (nSPS) is 13.5. The first-order valence-electron chi connectivity index (χ1n) is 5.88. The molecule has 2 aromatic rings. The van der Waals surface area contributed by atoms with Crippen molar-refractivity contribution in [2.75, 3.05) is 0 Å². The molecule has 2 aromatic carbocycles. The molecule has 0 aliphatic heterocycles. The molecule has 0 nitrogen and oxygen atoms in total. The molecule has 0 N–H and O–H groups in total. The molecular formula is C15H10F4. The van der Waals surface area contributed by atoms with Gasteiger partial charge in [-0.15, -0.1) is 0 Å². The zero-order valence-corrected chi connectivity index (χ0v) is 9.84. The van der Waals surface area contributed by atoms with Crippen LogP contribution in [0.1, 0.15) is 16.7 Å². The molecule has 0 saturated carbocycles. The SMILES string of the molecule is FC(F)C(F)(F)c1cccc2c1Cc1ccccc1-2. The maximum absolute atomic E-state index is 13.6. The van der Waals surface area contributed by atoms with Crippen molar-refractivity contribution < 1.29 is 17.6 Å². The lowest BCUT2D eigenvalue weighted by atomic mass is 9.97. The van der Waals surface area contributed by atoms with Gasteiger partial charge in [0.15, 0.2) is 0 Å². The molecule has 1 aliphatic carbocycles. The molecule has 0 aromatic heterocycles. The summed E-state index contributed by atoms with van der Waals surface area (Å²) in [6, 6.07) is 11.5. The van der Waals surface area contributed by atoms with E-state index in [-0.39, 0.29) is 6.42 Å². The number of fused-ring (bicyclic) bond motifs is 3. The molecule has 0 spiro atoms. The van der Waals surface area contributed by atoms with Gasteiger partial charge in [-0.2, -0.15) is 8.78 Å². The molecule has 0 bridgehead atoms. The highest BCUT2D eigenvalue weighted by Crippen LogP contribution is 2.44. The van der Waals surface area contributed by atoms with E-state index in [0.29, 0.717) is 11.1 Å². The van der Waals surface area contributed by atoms with Gasteiger partial charge in [0.25, 0.3) is 0 Å². The first kappa shape index (κ1) is 12.2. The quantitative estimate of drug-likeness (QED) is 0.594. The zero-order chi connectivity index (χ0) is 13.6. The largest absolute Gasteiger partial charge is 0.332 e. The summed E-state index contributed by atoms with van der Waals surface area (Å²) in [5.41, 5.74) is 2.14. The number of halogens is 4. The van der Waals surface area contributed by atoms with Gasteiger partial charge in [0.1, 0.15) is 0 Å². The second-order valence-corrected chi connectivity index (χ2v) is 4.59. The van der Waals surface area contributed by atoms with E-state index in [1.807, 2.05) is 24.3 Å². The molecule has 0 radical (unpaired) electrons. The summed E-state index contributed by atoms with van der Waals surface area (Å²) < 4.78 is 52.3. The van der Waals surface area contributed by atoms with Crippen LogP contribution in [0.2, 0.25) is 0 Å². The molecule has 0 unspecified atom stereocenters. The lowest BCUT2D eigenvalue weighted by molar-refractivity contribution is -0.135. The van der Waals surface area contributed by atoms with Crippen molar-refractivity contribution in [3.63, 3.8) is 0 Å². The summed E-state index contributed by atoms with van der Waals surface area (Å²) >= 11 is 0. The van der Waals surface area contributed by atoms with E-state index in [1.165, 1.54) is 6.07 Å². The van der Waals surface area contributed by atoms with Gasteiger partial charge < -0.3 is 0 Å². The van der Waals surface area contributed by atoms with E-state index in [4.69, 9.17) is 0 Å². The Kier molecular flexibility index (Phi) is 2.62. The fourth-order valence-electron chi connectivity index (χ4n) is 2.59. The standard InChI is InChI=1S/C15H10F4/c16-14(17)15(18,19)13-7-3-6-11-10-5-2-1-4-9(10)8-12(11)13/h1-7,14H,8H2. The lowest BCUT2D eigenvalue weighted by Crippen LogP contribution is -2.25. The van der Waals surface area contributed by atoms with E-state index in [2.05, 4.69) is 0 Å². The fourth-order valence-corrected chi connectivity index (χ4v) is 2.59. The molecule has 3 rings (SSSR count). The Bertz CT molecular complexity index is 632. The molecule has 0 saturated heterocycles. The van der Waals surface area contributed by atoms with Crippen LogP contribution in [-0.2, 0) is 12.3 Å². The minimum atomic E-state index is -4.10. The molecule has 0 fully saturated rings. The first-order chi connectivity index (χ1) is 9.01. The second-order valence-electron chi connectivity index (χ2n) is 4.59. The van der Waals surface area contributed by atoms with E-state index in [0.717, 1.165) is 17.2 Å². The van der Waals surface area contributed by atoms with Crippen molar-refractivity contribution >= 4 is 0 Å². The molecule has 0 heterocycles. The number of hydrogen-bond donors (Lipinski definition) is 0. The highest BCUT2D eigenvalue weighted by Gasteiger charge is 2.45. The van der Waals surface area contributed by atoms with E-state index in [1.54, 1.807) is 6.07 Å². The number of alkyl halides is 4. The first-order valence-corrected chi connectivity index (χ1v) is 5.88. The van der Waals surface area contributed by atoms with Crippen LogP contribution in [-0.4, -0.2) is 6.43 Å². The molecule has 4 heteroatoms. The third-order valence-electron chi connectivity index (χ3n) is 3.48. The summed E-state index contributed by atoms with van der Waals surface area (Å²) in [5.74, 6) is -4.10. The summed E-state index contributed by atoms with van der Waals surface area (Å²) in [5, 5.41) is 0. The van der Waals surface area contributed by atoms with Crippen molar-refractivity contribution in [1.82, 2.24) is 0 Å². The van der Waals surface area contributed by atoms with E-state index >= 15 is 0 Å². The maximum atomic E-state index is 13.6. The van der Waals surface area contributed by atoms with Gasteiger partial charge in [-0.1, -0.05) is 42.5 Å². The Hall–Kier alpha value is -1.84. The summed E-state index contributed by atoms with van der Waals surface area (Å²) in [6.07, 6.45) is -3.41. The Morgan fingerprint density at radius 2 is 1.58 bits per heavy atom. The Morgan fingerprint density at radius 1 is 0.895 bits per heavy atom. The van der Waals surface area contributed by atoms with Crippen LogP contribution in [0.15, 0.2) is 42.5 Å². The van der Waals surface area contributed by atoms with Crippen molar-refractivity contribution in [3.05, 3.63) is 59.2 Å². The van der Waals surface area contributed by atoms with Crippen molar-refractivity contribution in [3.8, 4) is 11.1 Å². The van der Waals surface area contributed by atoms with Crippen molar-refractivity contribution in [1.29, 1.82) is 0 Å². The molecular weight excluding hydrogens is 256 g/mol. The van der Waals surface area contributed by atoms with Crippen molar-refractivity contribution in [2.45, 2.75) is 18.8 Å². The van der Waals surface area contributed by atoms with Crippen LogP contribution >= 0.6 is 0 Å². The van der Waals surface area contributed by atoms with Gasteiger partial charge >= 0.3 is 12.3 Å². The Labute approximate surface area is 107 Å². The second kappa shape index (κ2) is 4.08. The summed E-state index contributed by atoms with van der Waals surface area (Å²) in [7, 11) is 0. The van der Waals surface area contributed by atoms with E-state index < -0.39 is 17.9 Å². The zero-order valence-electron chi connectivity index (χ0n) is 9.84. The highest BCUT2D eigenvalue weighted by molar-refractivity contribution is 5.78. The average molecular weight is 266 g/mol. The van der Waals surface area contributed by atoms with Crippen molar-refractivity contribution in [2.24, 2.45) is 0 Å². The molecule has 1 aliphatic rings.